The van der Waals surface area contributed by atoms with Crippen molar-refractivity contribution in [2.24, 2.45) is 0 Å². The summed E-state index contributed by atoms with van der Waals surface area (Å²) in [6.45, 7) is 1.34. The summed E-state index contributed by atoms with van der Waals surface area (Å²) >= 11 is 1.56. The molecule has 0 saturated carbocycles. The molecular weight excluding hydrogens is 388 g/mol. The van der Waals surface area contributed by atoms with Crippen LogP contribution >= 0.6 is 11.8 Å². The van der Waals surface area contributed by atoms with Gasteiger partial charge in [-0.2, -0.15) is 0 Å². The van der Waals surface area contributed by atoms with Crippen molar-refractivity contribution in [1.82, 2.24) is 0 Å². The molecule has 2 aromatic rings. The molecule has 2 aromatic carbocycles. The number of esters is 1. The molecule has 1 atom stereocenters. The highest BCUT2D eigenvalue weighted by Gasteiger charge is 2.19. The van der Waals surface area contributed by atoms with E-state index < -0.39 is 29.6 Å². The Hall–Kier alpha value is -2.74. The van der Waals surface area contributed by atoms with Gasteiger partial charge in [-0.25, -0.2) is 8.78 Å². The van der Waals surface area contributed by atoms with E-state index in [0.29, 0.717) is 5.56 Å². The molecule has 0 unspecified atom stereocenters. The van der Waals surface area contributed by atoms with Crippen LogP contribution in [0.15, 0.2) is 47.4 Å². The fraction of sp³-hybridized carbons (Fsp3) is 0.250. The Balaban J connectivity index is 1.81. The lowest BCUT2D eigenvalue weighted by Gasteiger charge is -2.13. The van der Waals surface area contributed by atoms with Crippen molar-refractivity contribution in [1.29, 1.82) is 0 Å². The van der Waals surface area contributed by atoms with Crippen molar-refractivity contribution in [3.8, 4) is 0 Å². The largest absolute Gasteiger partial charge is 0.453 e. The van der Waals surface area contributed by atoms with E-state index in [1.165, 1.54) is 13.0 Å². The number of anilines is 1. The van der Waals surface area contributed by atoms with Crippen LogP contribution in [0.3, 0.4) is 0 Å². The minimum Gasteiger partial charge on any atom is -0.453 e. The fourth-order valence-corrected chi connectivity index (χ4v) is 2.67. The maximum atomic E-state index is 13.2. The first-order valence-electron chi connectivity index (χ1n) is 8.43. The maximum Gasteiger partial charge on any atom is 0.307 e. The van der Waals surface area contributed by atoms with Crippen LogP contribution in [0.5, 0.6) is 0 Å². The zero-order valence-electron chi connectivity index (χ0n) is 15.3. The Bertz CT molecular complexity index is 871. The number of thioether (sulfide) groups is 1. The van der Waals surface area contributed by atoms with Crippen molar-refractivity contribution in [3.05, 3.63) is 59.7 Å². The van der Waals surface area contributed by atoms with E-state index in [9.17, 15) is 23.2 Å². The van der Waals surface area contributed by atoms with E-state index in [-0.39, 0.29) is 24.3 Å². The third-order valence-electron chi connectivity index (χ3n) is 3.83. The fourth-order valence-electron chi connectivity index (χ4n) is 2.26. The number of amides is 1. The van der Waals surface area contributed by atoms with E-state index in [2.05, 4.69) is 5.32 Å². The quantitative estimate of drug-likeness (QED) is 0.403. The number of ketones is 1. The zero-order chi connectivity index (χ0) is 20.7. The van der Waals surface area contributed by atoms with E-state index in [0.717, 1.165) is 17.0 Å². The van der Waals surface area contributed by atoms with Crippen molar-refractivity contribution in [2.75, 3.05) is 11.6 Å². The first kappa shape index (κ1) is 21.6. The number of rotatable bonds is 8. The average molecular weight is 407 g/mol. The summed E-state index contributed by atoms with van der Waals surface area (Å²) in [6, 6.07) is 9.91. The number of carbonyl (C=O) groups is 3. The van der Waals surface area contributed by atoms with Gasteiger partial charge in [-0.1, -0.05) is 12.1 Å². The normalized spacial score (nSPS) is 11.6. The number of Topliss-reactive ketones (excluding diaryl/α,β-unsaturated/α-hetero) is 1. The highest BCUT2D eigenvalue weighted by molar-refractivity contribution is 7.98. The van der Waals surface area contributed by atoms with Gasteiger partial charge in [0.05, 0.1) is 6.42 Å². The lowest BCUT2D eigenvalue weighted by molar-refractivity contribution is -0.153. The van der Waals surface area contributed by atoms with Crippen LogP contribution in [0.25, 0.3) is 0 Å². The molecule has 0 bridgehead atoms. The molecule has 0 aliphatic rings. The number of ether oxygens (including phenoxy) is 1. The molecule has 2 rings (SSSR count). The average Bonchev–Trinajstić information content (AvgIpc) is 2.69. The molecule has 0 aromatic heterocycles. The molecule has 148 valence electrons. The summed E-state index contributed by atoms with van der Waals surface area (Å²) < 4.78 is 31.0. The molecule has 0 heterocycles. The van der Waals surface area contributed by atoms with Crippen LogP contribution in [-0.4, -0.2) is 30.0 Å². The highest BCUT2D eigenvalue weighted by Crippen LogP contribution is 2.17. The predicted octanol–water partition coefficient (Wildman–Crippen LogP) is 4.22. The molecule has 1 N–H and O–H groups in total. The van der Waals surface area contributed by atoms with Crippen LogP contribution in [-0.2, 0) is 14.3 Å². The number of nitrogens with one attached hydrogen (secondary N) is 1. The highest BCUT2D eigenvalue weighted by atomic mass is 32.2. The van der Waals surface area contributed by atoms with Crippen LogP contribution in [0, 0.1) is 11.6 Å². The van der Waals surface area contributed by atoms with Crippen LogP contribution < -0.4 is 5.32 Å². The Morgan fingerprint density at radius 3 is 2.32 bits per heavy atom. The van der Waals surface area contributed by atoms with Gasteiger partial charge in [-0.3, -0.25) is 14.4 Å². The van der Waals surface area contributed by atoms with Gasteiger partial charge < -0.3 is 10.1 Å². The van der Waals surface area contributed by atoms with Gasteiger partial charge in [-0.05, 0) is 37.4 Å². The Morgan fingerprint density at radius 1 is 1.04 bits per heavy atom. The summed E-state index contributed by atoms with van der Waals surface area (Å²) in [4.78, 5) is 37.0. The SMILES string of the molecule is CSc1ccc(C(=O)CCC(=O)O[C@@H](C)C(=O)Nc2ccc(F)c(F)c2)cc1. The number of halogens is 2. The first-order chi connectivity index (χ1) is 13.3. The molecule has 0 radical (unpaired) electrons. The Kier molecular flexibility index (Phi) is 7.69. The maximum absolute atomic E-state index is 13.2. The molecule has 0 aliphatic carbocycles. The number of carbonyl (C=O) groups excluding carboxylic acids is 3. The van der Waals surface area contributed by atoms with Gasteiger partial charge in [-0.15, -0.1) is 11.8 Å². The molecule has 28 heavy (non-hydrogen) atoms. The lowest BCUT2D eigenvalue weighted by Crippen LogP contribution is -2.30. The molecule has 8 heteroatoms. The molecule has 0 saturated heterocycles. The molecule has 1 amide bonds. The topological polar surface area (TPSA) is 72.5 Å². The van der Waals surface area contributed by atoms with Crippen molar-refractivity contribution >= 4 is 35.1 Å². The summed E-state index contributed by atoms with van der Waals surface area (Å²) in [6.07, 6.45) is 0.550. The van der Waals surface area contributed by atoms with Gasteiger partial charge >= 0.3 is 5.97 Å². The van der Waals surface area contributed by atoms with E-state index >= 15 is 0 Å². The second-order valence-electron chi connectivity index (χ2n) is 5.90. The van der Waals surface area contributed by atoms with Crippen molar-refractivity contribution < 1.29 is 27.9 Å². The van der Waals surface area contributed by atoms with Gasteiger partial charge in [0.2, 0.25) is 0 Å². The third-order valence-corrected chi connectivity index (χ3v) is 4.58. The van der Waals surface area contributed by atoms with Gasteiger partial charge in [0.25, 0.3) is 5.91 Å². The molecule has 0 spiro atoms. The lowest BCUT2D eigenvalue weighted by atomic mass is 10.1. The van der Waals surface area contributed by atoms with Crippen LogP contribution in [0.4, 0.5) is 14.5 Å². The second kappa shape index (κ2) is 9.98. The van der Waals surface area contributed by atoms with Crippen LogP contribution in [0.2, 0.25) is 0 Å². The summed E-state index contributed by atoms with van der Waals surface area (Å²) in [5.74, 6) is -3.75. The van der Waals surface area contributed by atoms with Crippen LogP contribution in [0.1, 0.15) is 30.1 Å². The van der Waals surface area contributed by atoms with Crippen molar-refractivity contribution in [2.45, 2.75) is 30.8 Å². The summed E-state index contributed by atoms with van der Waals surface area (Å²) in [5.41, 5.74) is 0.533. The molecule has 0 aliphatic heterocycles. The zero-order valence-corrected chi connectivity index (χ0v) is 16.1. The standard InChI is InChI=1S/C20H19F2NO4S/c1-12(20(26)23-14-5-8-16(21)17(22)11-14)27-19(25)10-9-18(24)13-3-6-15(28-2)7-4-13/h3-8,11-12H,9-10H2,1-2H3,(H,23,26)/t12-/m0/s1. The van der Waals surface area contributed by atoms with Gasteiger partial charge in [0, 0.05) is 28.6 Å². The molecular formula is C20H19F2NO4S. The monoisotopic (exact) mass is 407 g/mol. The predicted molar refractivity (Wildman–Crippen MR) is 102 cm³/mol. The van der Waals surface area contributed by atoms with Crippen molar-refractivity contribution in [3.63, 3.8) is 0 Å². The second-order valence-corrected chi connectivity index (χ2v) is 6.78. The minimum absolute atomic E-state index is 0.0377. The summed E-state index contributed by atoms with van der Waals surface area (Å²) in [5, 5.41) is 2.32. The van der Waals surface area contributed by atoms with E-state index in [1.54, 1.807) is 23.9 Å². The summed E-state index contributed by atoms with van der Waals surface area (Å²) in [7, 11) is 0. The molecule has 5 nitrogen and oxygen atoms in total. The van der Waals surface area contributed by atoms with Gasteiger partial charge in [0.15, 0.2) is 23.5 Å². The van der Waals surface area contributed by atoms with E-state index in [4.69, 9.17) is 4.74 Å². The van der Waals surface area contributed by atoms with Gasteiger partial charge in [0.1, 0.15) is 0 Å². The Morgan fingerprint density at radius 2 is 1.71 bits per heavy atom. The smallest absolute Gasteiger partial charge is 0.307 e. The first-order valence-corrected chi connectivity index (χ1v) is 9.65. The van der Waals surface area contributed by atoms with E-state index in [1.807, 2.05) is 18.4 Å². The number of benzene rings is 2. The third kappa shape index (κ3) is 6.16. The Labute approximate surface area is 165 Å². The number of hydrogen-bond donors (Lipinski definition) is 1. The molecule has 0 fully saturated rings. The minimum atomic E-state index is -1.16. The number of hydrogen-bond acceptors (Lipinski definition) is 5.